The van der Waals surface area contributed by atoms with Gasteiger partial charge in [-0.05, 0) is 31.2 Å². The molecule has 0 bridgehead atoms. The summed E-state index contributed by atoms with van der Waals surface area (Å²) in [5.41, 5.74) is -0.454. The third-order valence-corrected chi connectivity index (χ3v) is 4.74. The molecule has 0 unspecified atom stereocenters. The smallest absolute Gasteiger partial charge is 0.316 e. The van der Waals surface area contributed by atoms with Gasteiger partial charge in [0.1, 0.15) is 11.9 Å². The number of likely N-dealkylation sites (tertiary alicyclic amines) is 1. The Morgan fingerprint density at radius 2 is 1.92 bits per heavy atom. The number of anilines is 1. The summed E-state index contributed by atoms with van der Waals surface area (Å²) >= 11 is 0. The van der Waals surface area contributed by atoms with Crippen LogP contribution in [0, 0.1) is 11.2 Å². The summed E-state index contributed by atoms with van der Waals surface area (Å²) in [6.45, 7) is 1.76. The lowest BCUT2D eigenvalue weighted by atomic mass is 9.95. The van der Waals surface area contributed by atoms with Crippen LogP contribution in [0.4, 0.5) is 19.2 Å². The normalized spacial score (nSPS) is 20.9. The molecule has 2 heterocycles. The zero-order chi connectivity index (χ0) is 17.8. The monoisotopic (exact) mass is 352 g/mol. The van der Waals surface area contributed by atoms with E-state index in [1.54, 1.807) is 6.92 Å². The quantitative estimate of drug-likeness (QED) is 0.916. The number of benzene rings is 1. The third-order valence-electron chi connectivity index (χ3n) is 4.74. The highest BCUT2D eigenvalue weighted by molar-refractivity contribution is 5.84. The SMILES string of the molecule is C[C@@H](Nc1nnc(-c2ccc(F)cc2)o1)C(=O)N1CC2(C1)CC2(F)F. The van der Waals surface area contributed by atoms with Crippen LogP contribution >= 0.6 is 0 Å². The van der Waals surface area contributed by atoms with Crippen LogP contribution in [0.5, 0.6) is 0 Å². The van der Waals surface area contributed by atoms with Crippen LogP contribution in [-0.4, -0.2) is 46.1 Å². The molecule has 2 aliphatic rings. The van der Waals surface area contributed by atoms with Gasteiger partial charge in [-0.3, -0.25) is 4.79 Å². The number of hydrogen-bond acceptors (Lipinski definition) is 5. The molecule has 1 N–H and O–H groups in total. The first-order chi connectivity index (χ1) is 11.8. The summed E-state index contributed by atoms with van der Waals surface area (Å²) in [6, 6.07) is 4.88. The zero-order valence-corrected chi connectivity index (χ0v) is 13.3. The van der Waals surface area contributed by atoms with E-state index in [1.807, 2.05) is 0 Å². The number of carbonyl (C=O) groups excluding carboxylic acids is 1. The van der Waals surface area contributed by atoms with E-state index in [4.69, 9.17) is 4.42 Å². The van der Waals surface area contributed by atoms with Gasteiger partial charge in [0, 0.05) is 25.1 Å². The van der Waals surface area contributed by atoms with Gasteiger partial charge in [-0.1, -0.05) is 5.10 Å². The van der Waals surface area contributed by atoms with Crippen LogP contribution in [0.1, 0.15) is 13.3 Å². The van der Waals surface area contributed by atoms with E-state index in [2.05, 4.69) is 15.5 Å². The fraction of sp³-hybridized carbons (Fsp3) is 0.438. The molecule has 4 rings (SSSR count). The molecule has 1 amide bonds. The van der Waals surface area contributed by atoms with Gasteiger partial charge in [-0.25, -0.2) is 13.2 Å². The molecule has 132 valence electrons. The maximum absolute atomic E-state index is 13.2. The molecule has 1 saturated carbocycles. The Bertz CT molecular complexity index is 815. The van der Waals surface area contributed by atoms with Crippen LogP contribution in [-0.2, 0) is 4.79 Å². The van der Waals surface area contributed by atoms with Crippen molar-refractivity contribution in [1.82, 2.24) is 15.1 Å². The van der Waals surface area contributed by atoms with Gasteiger partial charge in [-0.2, -0.15) is 0 Å². The topological polar surface area (TPSA) is 71.3 Å². The van der Waals surface area contributed by atoms with E-state index in [-0.39, 0.29) is 43.1 Å². The Morgan fingerprint density at radius 1 is 1.28 bits per heavy atom. The number of alkyl halides is 2. The summed E-state index contributed by atoms with van der Waals surface area (Å²) < 4.78 is 44.7. The zero-order valence-electron chi connectivity index (χ0n) is 13.3. The predicted molar refractivity (Wildman–Crippen MR) is 81.4 cm³/mol. The molecule has 1 aromatic carbocycles. The standard InChI is InChI=1S/C16H15F3N4O2/c1-9(13(24)23-7-15(8-23)6-16(15,18)19)20-14-22-21-12(25-14)10-2-4-11(17)5-3-10/h2-5,9H,6-8H2,1H3,(H,20,22)/t9-/m1/s1. The van der Waals surface area contributed by atoms with Crippen molar-refractivity contribution < 1.29 is 22.4 Å². The van der Waals surface area contributed by atoms with Crippen molar-refractivity contribution in [3.05, 3.63) is 30.1 Å². The minimum atomic E-state index is -2.64. The fourth-order valence-corrected chi connectivity index (χ4v) is 3.08. The minimum absolute atomic E-state index is 0.0344. The molecule has 9 heteroatoms. The number of rotatable bonds is 4. The lowest BCUT2D eigenvalue weighted by Gasteiger charge is -2.41. The number of nitrogens with one attached hydrogen (secondary N) is 1. The molecule has 2 aromatic rings. The summed E-state index contributed by atoms with van der Waals surface area (Å²) in [5, 5.41) is 10.4. The van der Waals surface area contributed by atoms with Crippen LogP contribution in [0.25, 0.3) is 11.5 Å². The highest BCUT2D eigenvalue weighted by atomic mass is 19.3. The summed E-state index contributed by atoms with van der Waals surface area (Å²) in [5.74, 6) is -3.14. The largest absolute Gasteiger partial charge is 0.403 e. The van der Waals surface area contributed by atoms with Crippen molar-refractivity contribution in [2.75, 3.05) is 18.4 Å². The Balaban J connectivity index is 1.36. The van der Waals surface area contributed by atoms with E-state index in [9.17, 15) is 18.0 Å². The minimum Gasteiger partial charge on any atom is -0.403 e. The molecular weight excluding hydrogens is 337 g/mol. The molecule has 1 saturated heterocycles. The maximum atomic E-state index is 13.2. The second-order valence-electron chi connectivity index (χ2n) is 6.64. The van der Waals surface area contributed by atoms with E-state index in [0.717, 1.165) is 0 Å². The summed E-state index contributed by atoms with van der Waals surface area (Å²) in [6.07, 6.45) is -0.143. The molecule has 25 heavy (non-hydrogen) atoms. The van der Waals surface area contributed by atoms with Crippen molar-refractivity contribution in [3.8, 4) is 11.5 Å². The highest BCUT2D eigenvalue weighted by Gasteiger charge is 2.76. The van der Waals surface area contributed by atoms with Crippen molar-refractivity contribution in [1.29, 1.82) is 0 Å². The number of hydrogen-bond donors (Lipinski definition) is 1. The first kappa shape index (κ1) is 15.9. The molecule has 6 nitrogen and oxygen atoms in total. The number of aromatic nitrogens is 2. The van der Waals surface area contributed by atoms with E-state index >= 15 is 0 Å². The maximum Gasteiger partial charge on any atom is 0.316 e. The van der Waals surface area contributed by atoms with Crippen molar-refractivity contribution in [3.63, 3.8) is 0 Å². The lowest BCUT2D eigenvalue weighted by molar-refractivity contribution is -0.142. The van der Waals surface area contributed by atoms with E-state index in [1.165, 1.54) is 29.2 Å². The van der Waals surface area contributed by atoms with E-state index < -0.39 is 17.4 Å². The Kier molecular flexibility index (Phi) is 3.32. The Morgan fingerprint density at radius 3 is 2.52 bits per heavy atom. The molecule has 1 atom stereocenters. The van der Waals surface area contributed by atoms with Gasteiger partial charge in [-0.15, -0.1) is 5.10 Å². The average Bonchev–Trinajstić information content (AvgIpc) is 2.89. The first-order valence-corrected chi connectivity index (χ1v) is 7.82. The second-order valence-corrected chi connectivity index (χ2v) is 6.64. The molecule has 0 radical (unpaired) electrons. The van der Waals surface area contributed by atoms with Crippen molar-refractivity contribution in [2.45, 2.75) is 25.3 Å². The number of nitrogens with zero attached hydrogens (tertiary/aromatic N) is 3. The number of halogens is 3. The summed E-state index contributed by atoms with van der Waals surface area (Å²) in [7, 11) is 0. The summed E-state index contributed by atoms with van der Waals surface area (Å²) in [4.78, 5) is 13.7. The fourth-order valence-electron chi connectivity index (χ4n) is 3.08. The van der Waals surface area contributed by atoms with Crippen LogP contribution in [0.2, 0.25) is 0 Å². The highest BCUT2D eigenvalue weighted by Crippen LogP contribution is 2.65. The molecule has 2 fully saturated rings. The van der Waals surface area contributed by atoms with Gasteiger partial charge in [0.25, 0.3) is 5.92 Å². The Hall–Kier alpha value is -2.58. The molecule has 1 aliphatic carbocycles. The molecule has 1 aliphatic heterocycles. The average molecular weight is 352 g/mol. The van der Waals surface area contributed by atoms with E-state index in [0.29, 0.717) is 5.56 Å². The van der Waals surface area contributed by atoms with Gasteiger partial charge in [0.2, 0.25) is 11.8 Å². The van der Waals surface area contributed by atoms with Gasteiger partial charge in [0.15, 0.2) is 0 Å². The van der Waals surface area contributed by atoms with Gasteiger partial charge >= 0.3 is 6.01 Å². The third kappa shape index (κ3) is 2.63. The lowest BCUT2D eigenvalue weighted by Crippen LogP contribution is -2.57. The van der Waals surface area contributed by atoms with Crippen LogP contribution < -0.4 is 5.32 Å². The number of amides is 1. The van der Waals surface area contributed by atoms with Crippen molar-refractivity contribution in [2.24, 2.45) is 5.41 Å². The predicted octanol–water partition coefficient (Wildman–Crippen LogP) is 2.54. The van der Waals surface area contributed by atoms with Crippen molar-refractivity contribution >= 4 is 11.9 Å². The molecule has 1 spiro atoms. The number of carbonyl (C=O) groups is 1. The molecule has 1 aromatic heterocycles. The molecular formula is C16H15F3N4O2. The first-order valence-electron chi connectivity index (χ1n) is 7.82. The van der Waals surface area contributed by atoms with Gasteiger partial charge in [0.05, 0.1) is 5.41 Å². The van der Waals surface area contributed by atoms with Crippen LogP contribution in [0.15, 0.2) is 28.7 Å². The second kappa shape index (κ2) is 5.21. The van der Waals surface area contributed by atoms with Gasteiger partial charge < -0.3 is 14.6 Å². The Labute approximate surface area is 141 Å². The van der Waals surface area contributed by atoms with Crippen LogP contribution in [0.3, 0.4) is 0 Å².